The highest BCUT2D eigenvalue weighted by Gasteiger charge is 2.27. The molecule has 1 aliphatic heterocycles. The zero-order valence-corrected chi connectivity index (χ0v) is 16.9. The predicted octanol–water partition coefficient (Wildman–Crippen LogP) is 3.42. The summed E-state index contributed by atoms with van der Waals surface area (Å²) < 4.78 is 20.8. The maximum Gasteiger partial charge on any atom is 0.255 e. The van der Waals surface area contributed by atoms with Crippen LogP contribution in [0.3, 0.4) is 0 Å². The molecule has 156 valence electrons. The van der Waals surface area contributed by atoms with Crippen LogP contribution in [0.4, 0.5) is 4.39 Å². The van der Waals surface area contributed by atoms with Gasteiger partial charge in [-0.25, -0.2) is 9.07 Å². The number of hydrogen-bond acceptors (Lipinski definition) is 4. The van der Waals surface area contributed by atoms with E-state index >= 15 is 0 Å². The molecule has 0 radical (unpaired) electrons. The first-order chi connectivity index (χ1) is 14.7. The van der Waals surface area contributed by atoms with Crippen molar-refractivity contribution in [1.29, 1.82) is 0 Å². The first kappa shape index (κ1) is 20.1. The maximum absolute atomic E-state index is 13.8. The molecule has 2 heterocycles. The number of rotatable bonds is 6. The molecule has 1 amide bonds. The molecule has 1 saturated heterocycles. The van der Waals surface area contributed by atoms with Crippen LogP contribution in [-0.4, -0.2) is 35.9 Å². The normalized spacial score (nSPS) is 14.5. The molecule has 6 nitrogen and oxygen atoms in total. The lowest BCUT2D eigenvalue weighted by Crippen LogP contribution is -2.30. The number of carbonyl (C=O) groups is 1. The summed E-state index contributed by atoms with van der Waals surface area (Å²) in [6, 6.07) is 13.9. The minimum absolute atomic E-state index is 0.176. The van der Waals surface area contributed by atoms with E-state index < -0.39 is 0 Å². The minimum atomic E-state index is -0.330. The van der Waals surface area contributed by atoms with Crippen LogP contribution in [0, 0.1) is 5.82 Å². The summed E-state index contributed by atoms with van der Waals surface area (Å²) in [6.45, 7) is 2.14. The van der Waals surface area contributed by atoms with Crippen molar-refractivity contribution in [3.63, 3.8) is 0 Å². The highest BCUT2D eigenvalue weighted by atomic mass is 19.1. The Kier molecular flexibility index (Phi) is 6.09. The van der Waals surface area contributed by atoms with Crippen molar-refractivity contribution in [2.75, 3.05) is 20.2 Å². The van der Waals surface area contributed by atoms with Crippen molar-refractivity contribution in [2.45, 2.75) is 25.3 Å². The monoisotopic (exact) mass is 408 g/mol. The van der Waals surface area contributed by atoms with Crippen molar-refractivity contribution in [1.82, 2.24) is 20.4 Å². The van der Waals surface area contributed by atoms with E-state index in [0.29, 0.717) is 17.8 Å². The topological polar surface area (TPSA) is 68.2 Å². The van der Waals surface area contributed by atoms with Crippen LogP contribution in [0.5, 0.6) is 5.75 Å². The van der Waals surface area contributed by atoms with Gasteiger partial charge >= 0.3 is 0 Å². The summed E-state index contributed by atoms with van der Waals surface area (Å²) in [4.78, 5) is 13.1. The summed E-state index contributed by atoms with van der Waals surface area (Å²) in [5.41, 5.74) is 2.94. The number of benzene rings is 2. The van der Waals surface area contributed by atoms with E-state index in [0.717, 1.165) is 42.9 Å². The fourth-order valence-corrected chi connectivity index (χ4v) is 3.89. The van der Waals surface area contributed by atoms with Crippen LogP contribution in [0.15, 0.2) is 54.7 Å². The standard InChI is InChI=1S/C23H25FN4O2/c1-30-20-7-2-4-16(12-20)14-26-23(29)21-15-27-28(19-6-3-5-18(24)13-19)22(21)17-8-10-25-11-9-17/h2-7,12-13,15,17,25H,8-11,14H2,1H3,(H,26,29). The molecule has 0 spiro atoms. The van der Waals surface area contributed by atoms with Crippen molar-refractivity contribution in [3.05, 3.63) is 77.4 Å². The van der Waals surface area contributed by atoms with Crippen LogP contribution >= 0.6 is 0 Å². The van der Waals surface area contributed by atoms with Crippen LogP contribution < -0.4 is 15.4 Å². The summed E-state index contributed by atoms with van der Waals surface area (Å²) in [7, 11) is 1.61. The first-order valence-electron chi connectivity index (χ1n) is 10.1. The fourth-order valence-electron chi connectivity index (χ4n) is 3.89. The number of hydrogen-bond donors (Lipinski definition) is 2. The van der Waals surface area contributed by atoms with Crippen LogP contribution in [-0.2, 0) is 6.54 Å². The Hall–Kier alpha value is -3.19. The molecule has 1 aromatic heterocycles. The quantitative estimate of drug-likeness (QED) is 0.656. The third-order valence-electron chi connectivity index (χ3n) is 5.42. The number of methoxy groups -OCH3 is 1. The van der Waals surface area contributed by atoms with Gasteiger partial charge in [-0.15, -0.1) is 0 Å². The van der Waals surface area contributed by atoms with Gasteiger partial charge in [0.15, 0.2) is 0 Å². The van der Waals surface area contributed by atoms with Gasteiger partial charge in [-0.2, -0.15) is 5.10 Å². The number of piperidine rings is 1. The zero-order valence-electron chi connectivity index (χ0n) is 16.9. The number of nitrogens with one attached hydrogen (secondary N) is 2. The van der Waals surface area contributed by atoms with E-state index in [1.54, 1.807) is 30.1 Å². The van der Waals surface area contributed by atoms with Crippen molar-refractivity contribution in [3.8, 4) is 11.4 Å². The number of amides is 1. The number of nitrogens with zero attached hydrogens (tertiary/aromatic N) is 2. The lowest BCUT2D eigenvalue weighted by Gasteiger charge is -2.24. The van der Waals surface area contributed by atoms with Crippen molar-refractivity contribution in [2.24, 2.45) is 0 Å². The summed E-state index contributed by atoms with van der Waals surface area (Å²) in [5, 5.41) is 10.8. The van der Waals surface area contributed by atoms with E-state index in [9.17, 15) is 9.18 Å². The molecule has 4 rings (SSSR count). The minimum Gasteiger partial charge on any atom is -0.497 e. The summed E-state index contributed by atoms with van der Waals surface area (Å²) in [6.07, 6.45) is 3.39. The molecule has 0 aliphatic carbocycles. The van der Waals surface area contributed by atoms with E-state index in [2.05, 4.69) is 15.7 Å². The third-order valence-corrected chi connectivity index (χ3v) is 5.42. The SMILES string of the molecule is COc1cccc(CNC(=O)c2cnn(-c3cccc(F)c3)c2C2CCNCC2)c1. The van der Waals surface area contributed by atoms with Crippen LogP contribution in [0.25, 0.3) is 5.69 Å². The van der Waals surface area contributed by atoms with Crippen LogP contribution in [0.2, 0.25) is 0 Å². The molecular weight excluding hydrogens is 383 g/mol. The van der Waals surface area contributed by atoms with Gasteiger partial charge < -0.3 is 15.4 Å². The Bertz CT molecular complexity index is 1030. The van der Waals surface area contributed by atoms with Gasteiger partial charge in [0.25, 0.3) is 5.91 Å². The Morgan fingerprint density at radius 3 is 2.80 bits per heavy atom. The van der Waals surface area contributed by atoms with E-state index in [4.69, 9.17) is 4.74 Å². The fraction of sp³-hybridized carbons (Fsp3) is 0.304. The lowest BCUT2D eigenvalue weighted by molar-refractivity contribution is 0.0949. The molecule has 30 heavy (non-hydrogen) atoms. The van der Waals surface area contributed by atoms with E-state index in [-0.39, 0.29) is 17.6 Å². The number of ether oxygens (including phenoxy) is 1. The summed E-state index contributed by atoms with van der Waals surface area (Å²) >= 11 is 0. The molecule has 0 atom stereocenters. The molecule has 3 aromatic rings. The van der Waals surface area contributed by atoms with Crippen LogP contribution in [0.1, 0.15) is 40.4 Å². The zero-order chi connectivity index (χ0) is 20.9. The Morgan fingerprint density at radius 2 is 2.03 bits per heavy atom. The van der Waals surface area contributed by atoms with Gasteiger partial charge in [0.2, 0.25) is 0 Å². The molecule has 1 fully saturated rings. The molecular formula is C23H25FN4O2. The van der Waals surface area contributed by atoms with Gasteiger partial charge in [-0.1, -0.05) is 18.2 Å². The number of aromatic nitrogens is 2. The number of halogens is 1. The number of carbonyl (C=O) groups excluding carboxylic acids is 1. The van der Waals surface area contributed by atoms with Gasteiger partial charge in [0, 0.05) is 12.5 Å². The average Bonchev–Trinajstić information content (AvgIpc) is 3.23. The Labute approximate surface area is 175 Å². The lowest BCUT2D eigenvalue weighted by atomic mass is 9.91. The maximum atomic E-state index is 13.8. The van der Waals surface area contributed by atoms with Gasteiger partial charge in [0.05, 0.1) is 30.3 Å². The molecule has 0 saturated carbocycles. The third kappa shape index (κ3) is 4.36. The summed E-state index contributed by atoms with van der Waals surface area (Å²) in [5.74, 6) is 0.406. The van der Waals surface area contributed by atoms with Gasteiger partial charge in [-0.05, 0) is 61.8 Å². The van der Waals surface area contributed by atoms with Gasteiger partial charge in [-0.3, -0.25) is 4.79 Å². The largest absolute Gasteiger partial charge is 0.497 e. The smallest absolute Gasteiger partial charge is 0.255 e. The Morgan fingerprint density at radius 1 is 1.23 bits per heavy atom. The average molecular weight is 408 g/mol. The van der Waals surface area contributed by atoms with E-state index in [1.807, 2.05) is 24.3 Å². The van der Waals surface area contributed by atoms with Crippen molar-refractivity contribution >= 4 is 5.91 Å². The highest BCUT2D eigenvalue weighted by molar-refractivity contribution is 5.95. The molecule has 7 heteroatoms. The van der Waals surface area contributed by atoms with E-state index in [1.165, 1.54) is 12.1 Å². The Balaban J connectivity index is 1.62. The van der Waals surface area contributed by atoms with Gasteiger partial charge in [0.1, 0.15) is 11.6 Å². The second-order valence-electron chi connectivity index (χ2n) is 7.39. The second-order valence-corrected chi connectivity index (χ2v) is 7.39. The molecule has 0 unspecified atom stereocenters. The van der Waals surface area contributed by atoms with Crippen molar-refractivity contribution < 1.29 is 13.9 Å². The molecule has 1 aliphatic rings. The predicted molar refractivity (Wildman–Crippen MR) is 113 cm³/mol. The molecule has 2 N–H and O–H groups in total. The highest BCUT2D eigenvalue weighted by Crippen LogP contribution is 2.30. The first-order valence-corrected chi connectivity index (χ1v) is 10.1. The molecule has 0 bridgehead atoms. The second kappa shape index (κ2) is 9.09. The molecule has 2 aromatic carbocycles.